The topological polar surface area (TPSA) is 50.6 Å². The van der Waals surface area contributed by atoms with Gasteiger partial charge in [-0.25, -0.2) is 4.98 Å². The maximum absolute atomic E-state index is 12.0. The van der Waals surface area contributed by atoms with Crippen LogP contribution in [-0.4, -0.2) is 72.7 Å². The summed E-state index contributed by atoms with van der Waals surface area (Å²) in [7, 11) is 5.71. The number of carbonyl (C=O) groups is 1. The number of carbonyl (C=O) groups excluding carboxylic acids is 1. The molecule has 0 saturated carbocycles. The van der Waals surface area contributed by atoms with Crippen molar-refractivity contribution in [1.82, 2.24) is 19.4 Å². The Hall–Kier alpha value is -1.40. The Balaban J connectivity index is 2.01. The van der Waals surface area contributed by atoms with Gasteiger partial charge in [0.2, 0.25) is 5.91 Å². The number of methoxy groups -OCH3 is 1. The third-order valence-electron chi connectivity index (χ3n) is 3.94. The molecule has 0 radical (unpaired) electrons. The molecule has 1 aromatic heterocycles. The number of nitrogens with zero attached hydrogens (tertiary/aromatic N) is 4. The molecule has 1 amide bonds. The number of amides is 1. The van der Waals surface area contributed by atoms with Crippen molar-refractivity contribution in [2.45, 2.75) is 25.3 Å². The molecule has 1 atom stereocenters. The van der Waals surface area contributed by atoms with Gasteiger partial charge in [-0.3, -0.25) is 4.79 Å². The van der Waals surface area contributed by atoms with Crippen LogP contribution in [0.15, 0.2) is 12.4 Å². The summed E-state index contributed by atoms with van der Waals surface area (Å²) >= 11 is 0. The van der Waals surface area contributed by atoms with E-state index in [4.69, 9.17) is 4.74 Å². The molecule has 6 nitrogen and oxygen atoms in total. The van der Waals surface area contributed by atoms with Crippen LogP contribution in [0.1, 0.15) is 24.6 Å². The molecule has 1 aromatic rings. The van der Waals surface area contributed by atoms with Gasteiger partial charge in [0.1, 0.15) is 12.4 Å². The monoisotopic (exact) mass is 294 g/mol. The summed E-state index contributed by atoms with van der Waals surface area (Å²) in [6.45, 7) is 3.67. The lowest BCUT2D eigenvalue weighted by atomic mass is 9.97. The van der Waals surface area contributed by atoms with Crippen LogP contribution >= 0.6 is 0 Å². The number of imidazole rings is 1. The number of likely N-dealkylation sites (tertiary alicyclic amines) is 1. The second-order valence-electron chi connectivity index (χ2n) is 5.89. The van der Waals surface area contributed by atoms with Gasteiger partial charge in [0.05, 0.1) is 0 Å². The first-order valence-corrected chi connectivity index (χ1v) is 7.54. The summed E-state index contributed by atoms with van der Waals surface area (Å²) in [5.74, 6) is 1.51. The molecule has 118 valence electrons. The Kier molecular flexibility index (Phi) is 5.76. The molecule has 0 N–H and O–H groups in total. The SMILES string of the molecule is COCC(=O)N1CCCC(c2nccn2CCN(C)C)C1. The Labute approximate surface area is 126 Å². The minimum atomic E-state index is 0.0774. The van der Waals surface area contributed by atoms with Gasteiger partial charge >= 0.3 is 0 Å². The van der Waals surface area contributed by atoms with Crippen molar-refractivity contribution in [3.8, 4) is 0 Å². The van der Waals surface area contributed by atoms with E-state index in [9.17, 15) is 4.79 Å². The van der Waals surface area contributed by atoms with Crippen LogP contribution in [0.4, 0.5) is 0 Å². The highest BCUT2D eigenvalue weighted by atomic mass is 16.5. The fraction of sp³-hybridized carbons (Fsp3) is 0.733. The van der Waals surface area contributed by atoms with Crippen LogP contribution in [-0.2, 0) is 16.1 Å². The van der Waals surface area contributed by atoms with E-state index in [1.165, 1.54) is 0 Å². The summed E-state index contributed by atoms with van der Waals surface area (Å²) in [5.41, 5.74) is 0. The Bertz CT molecular complexity index is 458. The van der Waals surface area contributed by atoms with Crippen molar-refractivity contribution >= 4 is 5.91 Å². The highest BCUT2D eigenvalue weighted by molar-refractivity contribution is 5.77. The molecule has 0 bridgehead atoms. The minimum Gasteiger partial charge on any atom is -0.375 e. The predicted octanol–water partition coefficient (Wildman–Crippen LogP) is 0.797. The van der Waals surface area contributed by atoms with E-state index >= 15 is 0 Å². The second kappa shape index (κ2) is 7.56. The number of likely N-dealkylation sites (N-methyl/N-ethyl adjacent to an activating group) is 1. The lowest BCUT2D eigenvalue weighted by molar-refractivity contribution is -0.136. The van der Waals surface area contributed by atoms with E-state index in [2.05, 4.69) is 28.5 Å². The lowest BCUT2D eigenvalue weighted by Crippen LogP contribution is -2.41. The first-order chi connectivity index (χ1) is 10.1. The standard InChI is InChI=1S/C15H26N4O2/c1-17(2)9-10-18-8-6-16-15(18)13-5-4-7-19(11-13)14(20)12-21-3/h6,8,13H,4-5,7,9-12H2,1-3H3. The largest absolute Gasteiger partial charge is 0.375 e. The van der Waals surface area contributed by atoms with Gasteiger partial charge in [0.15, 0.2) is 0 Å². The number of ether oxygens (including phenoxy) is 1. The van der Waals surface area contributed by atoms with E-state index in [1.807, 2.05) is 17.3 Å². The van der Waals surface area contributed by atoms with Crippen LogP contribution < -0.4 is 0 Å². The van der Waals surface area contributed by atoms with Crippen LogP contribution in [0.3, 0.4) is 0 Å². The third kappa shape index (κ3) is 4.28. The van der Waals surface area contributed by atoms with Gasteiger partial charge in [0, 0.05) is 51.6 Å². The Morgan fingerprint density at radius 2 is 2.33 bits per heavy atom. The molecule has 0 aliphatic carbocycles. The van der Waals surface area contributed by atoms with Crippen molar-refractivity contribution in [2.75, 3.05) is 47.4 Å². The van der Waals surface area contributed by atoms with Gasteiger partial charge in [-0.15, -0.1) is 0 Å². The van der Waals surface area contributed by atoms with Gasteiger partial charge in [-0.2, -0.15) is 0 Å². The number of hydrogen-bond acceptors (Lipinski definition) is 4. The molecule has 0 spiro atoms. The smallest absolute Gasteiger partial charge is 0.248 e. The van der Waals surface area contributed by atoms with Crippen molar-refractivity contribution in [3.63, 3.8) is 0 Å². The summed E-state index contributed by atoms with van der Waals surface area (Å²) in [6, 6.07) is 0. The zero-order chi connectivity index (χ0) is 15.2. The molecular weight excluding hydrogens is 268 g/mol. The number of hydrogen-bond donors (Lipinski definition) is 0. The third-order valence-corrected chi connectivity index (χ3v) is 3.94. The molecule has 6 heteroatoms. The lowest BCUT2D eigenvalue weighted by Gasteiger charge is -2.32. The van der Waals surface area contributed by atoms with Gasteiger partial charge in [-0.05, 0) is 26.9 Å². The molecule has 1 aliphatic heterocycles. The molecule has 21 heavy (non-hydrogen) atoms. The molecule has 1 aliphatic rings. The van der Waals surface area contributed by atoms with E-state index in [1.54, 1.807) is 7.11 Å². The molecule has 1 unspecified atom stereocenters. The van der Waals surface area contributed by atoms with Crippen LogP contribution in [0.5, 0.6) is 0 Å². The minimum absolute atomic E-state index is 0.0774. The van der Waals surface area contributed by atoms with E-state index in [-0.39, 0.29) is 12.5 Å². The van der Waals surface area contributed by atoms with Gasteiger partial charge in [-0.1, -0.05) is 0 Å². The fourth-order valence-corrected chi connectivity index (χ4v) is 2.81. The van der Waals surface area contributed by atoms with Crippen molar-refractivity contribution < 1.29 is 9.53 Å². The molecule has 2 heterocycles. The van der Waals surface area contributed by atoms with Crippen molar-refractivity contribution in [2.24, 2.45) is 0 Å². The van der Waals surface area contributed by atoms with Crippen LogP contribution in [0, 0.1) is 0 Å². The Morgan fingerprint density at radius 3 is 3.05 bits per heavy atom. The molecule has 0 aromatic carbocycles. The average molecular weight is 294 g/mol. The number of rotatable bonds is 6. The second-order valence-corrected chi connectivity index (χ2v) is 5.89. The summed E-state index contributed by atoms with van der Waals surface area (Å²) in [5, 5.41) is 0. The highest BCUT2D eigenvalue weighted by Crippen LogP contribution is 2.25. The van der Waals surface area contributed by atoms with Crippen molar-refractivity contribution in [1.29, 1.82) is 0 Å². The molecule has 1 saturated heterocycles. The molecule has 2 rings (SSSR count). The highest BCUT2D eigenvalue weighted by Gasteiger charge is 2.27. The van der Waals surface area contributed by atoms with Gasteiger partial charge < -0.3 is 19.1 Å². The Morgan fingerprint density at radius 1 is 1.52 bits per heavy atom. The maximum atomic E-state index is 12.0. The van der Waals surface area contributed by atoms with E-state index < -0.39 is 0 Å². The number of aromatic nitrogens is 2. The first kappa shape index (κ1) is 16.0. The molecule has 1 fully saturated rings. The predicted molar refractivity (Wildman–Crippen MR) is 81.2 cm³/mol. The maximum Gasteiger partial charge on any atom is 0.248 e. The van der Waals surface area contributed by atoms with E-state index in [0.717, 1.165) is 44.8 Å². The van der Waals surface area contributed by atoms with E-state index in [0.29, 0.717) is 5.92 Å². The molecular formula is C15H26N4O2. The quantitative estimate of drug-likeness (QED) is 0.778. The summed E-state index contributed by atoms with van der Waals surface area (Å²) < 4.78 is 7.17. The first-order valence-electron chi connectivity index (χ1n) is 7.54. The average Bonchev–Trinajstić information content (AvgIpc) is 2.94. The zero-order valence-electron chi connectivity index (χ0n) is 13.3. The zero-order valence-corrected chi connectivity index (χ0v) is 13.3. The fourth-order valence-electron chi connectivity index (χ4n) is 2.81. The normalized spacial score (nSPS) is 19.2. The van der Waals surface area contributed by atoms with Crippen LogP contribution in [0.2, 0.25) is 0 Å². The number of piperidine rings is 1. The van der Waals surface area contributed by atoms with Crippen molar-refractivity contribution in [3.05, 3.63) is 18.2 Å². The van der Waals surface area contributed by atoms with Crippen LogP contribution in [0.25, 0.3) is 0 Å². The van der Waals surface area contributed by atoms with Gasteiger partial charge in [0.25, 0.3) is 0 Å². The summed E-state index contributed by atoms with van der Waals surface area (Å²) in [4.78, 5) is 20.6. The summed E-state index contributed by atoms with van der Waals surface area (Å²) in [6.07, 6.45) is 6.02.